The van der Waals surface area contributed by atoms with Crippen molar-refractivity contribution in [2.45, 2.75) is 19.4 Å². The minimum Gasteiger partial charge on any atom is -0.388 e. The third kappa shape index (κ3) is 5.12. The van der Waals surface area contributed by atoms with Crippen molar-refractivity contribution in [3.05, 3.63) is 30.1 Å². The van der Waals surface area contributed by atoms with Crippen LogP contribution in [-0.2, 0) is 6.54 Å². The fourth-order valence-electron chi connectivity index (χ4n) is 1.39. The van der Waals surface area contributed by atoms with E-state index in [1.165, 1.54) is 0 Å². The lowest BCUT2D eigenvalue weighted by Gasteiger charge is -2.15. The molecule has 0 saturated heterocycles. The number of nitrogens with zero attached hydrogens (tertiary/aromatic N) is 2. The number of hydrogen-bond acceptors (Lipinski definition) is 3. The minimum atomic E-state index is 0.265. The van der Waals surface area contributed by atoms with Crippen molar-refractivity contribution in [1.82, 2.24) is 9.88 Å². The fourth-order valence-corrected chi connectivity index (χ4v) is 1.39. The summed E-state index contributed by atoms with van der Waals surface area (Å²) in [6, 6.07) is 5.92. The molecule has 0 atom stereocenters. The van der Waals surface area contributed by atoms with Crippen LogP contribution in [0.15, 0.2) is 24.4 Å². The molecule has 0 spiro atoms. The maximum atomic E-state index is 7.11. The zero-order valence-electron chi connectivity index (χ0n) is 9.11. The van der Waals surface area contributed by atoms with Crippen molar-refractivity contribution in [3.8, 4) is 0 Å². The molecule has 0 aliphatic carbocycles. The van der Waals surface area contributed by atoms with Crippen LogP contribution in [0.2, 0.25) is 0 Å². The highest BCUT2D eigenvalue weighted by molar-refractivity contribution is 5.76. The molecule has 0 amide bonds. The standard InChI is InChI=1S/C11H18N4/c1-15(8-4-6-11(12)13)9-10-5-2-3-7-14-10/h2-3,5,7H,4,6,8-9H2,1H3,(H3,12,13). The van der Waals surface area contributed by atoms with Crippen LogP contribution in [0.3, 0.4) is 0 Å². The number of amidine groups is 1. The molecule has 0 radical (unpaired) electrons. The number of hydrogen-bond donors (Lipinski definition) is 2. The van der Waals surface area contributed by atoms with Gasteiger partial charge in [0.15, 0.2) is 0 Å². The summed E-state index contributed by atoms with van der Waals surface area (Å²) < 4.78 is 0. The van der Waals surface area contributed by atoms with E-state index in [-0.39, 0.29) is 5.84 Å². The summed E-state index contributed by atoms with van der Waals surface area (Å²) in [4.78, 5) is 6.44. The first-order valence-corrected chi connectivity index (χ1v) is 5.10. The van der Waals surface area contributed by atoms with E-state index >= 15 is 0 Å². The molecule has 0 fully saturated rings. The largest absolute Gasteiger partial charge is 0.388 e. The van der Waals surface area contributed by atoms with Crippen molar-refractivity contribution >= 4 is 5.84 Å². The number of pyridine rings is 1. The zero-order chi connectivity index (χ0) is 11.1. The molecule has 0 unspecified atom stereocenters. The first-order valence-electron chi connectivity index (χ1n) is 5.10. The van der Waals surface area contributed by atoms with E-state index in [4.69, 9.17) is 11.1 Å². The van der Waals surface area contributed by atoms with Crippen LogP contribution in [-0.4, -0.2) is 29.3 Å². The van der Waals surface area contributed by atoms with Crippen LogP contribution in [0.4, 0.5) is 0 Å². The third-order valence-corrected chi connectivity index (χ3v) is 2.14. The molecule has 82 valence electrons. The van der Waals surface area contributed by atoms with Crippen LogP contribution in [0.1, 0.15) is 18.5 Å². The van der Waals surface area contributed by atoms with Gasteiger partial charge in [0.1, 0.15) is 0 Å². The Bertz CT molecular complexity index is 297. The van der Waals surface area contributed by atoms with Gasteiger partial charge in [-0.1, -0.05) is 6.07 Å². The predicted octanol–water partition coefficient (Wildman–Crippen LogP) is 1.23. The van der Waals surface area contributed by atoms with Gasteiger partial charge in [-0.05, 0) is 32.1 Å². The maximum Gasteiger partial charge on any atom is 0.0905 e. The van der Waals surface area contributed by atoms with Crippen LogP contribution < -0.4 is 5.73 Å². The summed E-state index contributed by atoms with van der Waals surface area (Å²) in [7, 11) is 2.05. The Labute approximate surface area is 90.6 Å². The highest BCUT2D eigenvalue weighted by Crippen LogP contribution is 2.00. The Morgan fingerprint density at radius 3 is 2.93 bits per heavy atom. The van der Waals surface area contributed by atoms with E-state index in [2.05, 4.69) is 16.9 Å². The maximum absolute atomic E-state index is 7.11. The monoisotopic (exact) mass is 206 g/mol. The fraction of sp³-hybridized carbons (Fsp3) is 0.455. The Balaban J connectivity index is 2.24. The van der Waals surface area contributed by atoms with Gasteiger partial charge in [-0.3, -0.25) is 10.4 Å². The Hall–Kier alpha value is -1.42. The summed E-state index contributed by atoms with van der Waals surface area (Å²) in [6.45, 7) is 1.79. The molecular formula is C11H18N4. The Morgan fingerprint density at radius 1 is 1.53 bits per heavy atom. The molecule has 1 aromatic rings. The summed E-state index contributed by atoms with van der Waals surface area (Å²) in [5.74, 6) is 0.265. The van der Waals surface area contributed by atoms with E-state index in [0.717, 1.165) is 25.2 Å². The Kier molecular flexibility index (Phi) is 4.77. The molecule has 0 bridgehead atoms. The first kappa shape index (κ1) is 11.7. The lowest BCUT2D eigenvalue weighted by Crippen LogP contribution is -2.21. The lowest BCUT2D eigenvalue weighted by atomic mass is 10.2. The van der Waals surface area contributed by atoms with E-state index in [9.17, 15) is 0 Å². The zero-order valence-corrected chi connectivity index (χ0v) is 9.11. The van der Waals surface area contributed by atoms with Crippen molar-refractivity contribution in [2.24, 2.45) is 5.73 Å². The van der Waals surface area contributed by atoms with Gasteiger partial charge in [-0.25, -0.2) is 0 Å². The van der Waals surface area contributed by atoms with E-state index in [1.54, 1.807) is 6.20 Å². The minimum absolute atomic E-state index is 0.265. The first-order chi connectivity index (χ1) is 7.18. The van der Waals surface area contributed by atoms with Gasteiger partial charge in [0.25, 0.3) is 0 Å². The van der Waals surface area contributed by atoms with Gasteiger partial charge in [-0.15, -0.1) is 0 Å². The summed E-state index contributed by atoms with van der Waals surface area (Å²) in [6.07, 6.45) is 3.41. The molecule has 15 heavy (non-hydrogen) atoms. The summed E-state index contributed by atoms with van der Waals surface area (Å²) in [5, 5.41) is 7.11. The Morgan fingerprint density at radius 2 is 2.33 bits per heavy atom. The van der Waals surface area contributed by atoms with Crippen LogP contribution in [0.5, 0.6) is 0 Å². The molecule has 0 aromatic carbocycles. The average molecular weight is 206 g/mol. The van der Waals surface area contributed by atoms with E-state index < -0.39 is 0 Å². The predicted molar refractivity (Wildman–Crippen MR) is 61.7 cm³/mol. The number of nitrogens with one attached hydrogen (secondary N) is 1. The van der Waals surface area contributed by atoms with Crippen molar-refractivity contribution < 1.29 is 0 Å². The molecule has 1 aromatic heterocycles. The number of rotatable bonds is 6. The summed E-state index contributed by atoms with van der Waals surface area (Å²) >= 11 is 0. The molecule has 4 nitrogen and oxygen atoms in total. The van der Waals surface area contributed by atoms with Crippen LogP contribution in [0, 0.1) is 5.41 Å². The highest BCUT2D eigenvalue weighted by atomic mass is 15.1. The molecule has 1 rings (SSSR count). The van der Waals surface area contributed by atoms with Gasteiger partial charge in [0, 0.05) is 19.2 Å². The summed E-state index contributed by atoms with van der Waals surface area (Å²) in [5.41, 5.74) is 6.36. The molecular weight excluding hydrogens is 188 g/mol. The average Bonchev–Trinajstić information content (AvgIpc) is 2.18. The lowest BCUT2D eigenvalue weighted by molar-refractivity contribution is 0.320. The van der Waals surface area contributed by atoms with Crippen molar-refractivity contribution in [1.29, 1.82) is 5.41 Å². The van der Waals surface area contributed by atoms with Crippen molar-refractivity contribution in [3.63, 3.8) is 0 Å². The topological polar surface area (TPSA) is 66.0 Å². The smallest absolute Gasteiger partial charge is 0.0905 e. The third-order valence-electron chi connectivity index (χ3n) is 2.14. The quantitative estimate of drug-likeness (QED) is 0.543. The molecule has 0 saturated carbocycles. The van der Waals surface area contributed by atoms with Gasteiger partial charge < -0.3 is 10.6 Å². The molecule has 0 aliphatic heterocycles. The molecule has 1 heterocycles. The normalized spacial score (nSPS) is 10.5. The number of nitrogens with two attached hydrogens (primary N) is 1. The van der Waals surface area contributed by atoms with Crippen molar-refractivity contribution in [2.75, 3.05) is 13.6 Å². The second-order valence-corrected chi connectivity index (χ2v) is 3.69. The van der Waals surface area contributed by atoms with Gasteiger partial charge in [-0.2, -0.15) is 0 Å². The molecule has 3 N–H and O–H groups in total. The van der Waals surface area contributed by atoms with Crippen LogP contribution in [0.25, 0.3) is 0 Å². The van der Waals surface area contributed by atoms with Gasteiger partial charge in [0.2, 0.25) is 0 Å². The SMILES string of the molecule is CN(CCCC(=N)N)Cc1ccccn1. The number of aromatic nitrogens is 1. The second-order valence-electron chi connectivity index (χ2n) is 3.69. The van der Waals surface area contributed by atoms with E-state index in [0.29, 0.717) is 6.42 Å². The second kappa shape index (κ2) is 6.14. The van der Waals surface area contributed by atoms with Gasteiger partial charge >= 0.3 is 0 Å². The van der Waals surface area contributed by atoms with E-state index in [1.807, 2.05) is 18.2 Å². The van der Waals surface area contributed by atoms with Gasteiger partial charge in [0.05, 0.1) is 11.5 Å². The van der Waals surface area contributed by atoms with Crippen LogP contribution >= 0.6 is 0 Å². The highest BCUT2D eigenvalue weighted by Gasteiger charge is 2.00. The molecule has 4 heteroatoms. The molecule has 0 aliphatic rings.